The van der Waals surface area contributed by atoms with Gasteiger partial charge in [0, 0.05) is 43.9 Å². The van der Waals surface area contributed by atoms with Gasteiger partial charge in [0.1, 0.15) is 5.76 Å². The quantitative estimate of drug-likeness (QED) is 0.480. The van der Waals surface area contributed by atoms with E-state index in [1.807, 2.05) is 30.5 Å². The Morgan fingerprint density at radius 1 is 1.03 bits per heavy atom. The summed E-state index contributed by atoms with van der Waals surface area (Å²) < 4.78 is 5.42. The summed E-state index contributed by atoms with van der Waals surface area (Å²) >= 11 is 0. The van der Waals surface area contributed by atoms with Crippen LogP contribution in [0.25, 0.3) is 0 Å². The predicted octanol–water partition coefficient (Wildman–Crippen LogP) is 3.55. The summed E-state index contributed by atoms with van der Waals surface area (Å²) in [5.41, 5.74) is 4.01. The van der Waals surface area contributed by atoms with Crippen LogP contribution in [-0.4, -0.2) is 30.1 Å². The fourth-order valence-electron chi connectivity index (χ4n) is 3.75. The minimum absolute atomic E-state index is 0.398. The van der Waals surface area contributed by atoms with Crippen molar-refractivity contribution in [3.05, 3.63) is 89.6 Å². The van der Waals surface area contributed by atoms with Gasteiger partial charge >= 0.3 is 0 Å². The second-order valence-corrected chi connectivity index (χ2v) is 7.41. The third-order valence-corrected chi connectivity index (χ3v) is 5.30. The average Bonchev–Trinajstić information content (AvgIpc) is 3.28. The molecule has 0 radical (unpaired) electrons. The van der Waals surface area contributed by atoms with Crippen LogP contribution in [0.15, 0.2) is 76.5 Å². The van der Waals surface area contributed by atoms with Crippen molar-refractivity contribution in [2.45, 2.75) is 38.1 Å². The highest BCUT2D eigenvalue weighted by molar-refractivity contribution is 5.80. The number of guanidine groups is 1. The molecular weight excluding hydrogens is 360 g/mol. The molecule has 3 aromatic rings. The summed E-state index contributed by atoms with van der Waals surface area (Å²) in [7, 11) is 0. The number of nitrogens with one attached hydrogen (secondary N) is 2. The number of fused-ring (bicyclic) bond motifs is 1. The molecule has 2 aromatic heterocycles. The van der Waals surface area contributed by atoms with Gasteiger partial charge in [0.15, 0.2) is 5.96 Å². The molecule has 0 aliphatic heterocycles. The number of hydrogen-bond acceptors (Lipinski definition) is 3. The van der Waals surface area contributed by atoms with Crippen LogP contribution < -0.4 is 10.6 Å². The maximum Gasteiger partial charge on any atom is 0.191 e. The highest BCUT2D eigenvalue weighted by Crippen LogP contribution is 2.20. The number of pyridine rings is 1. The van der Waals surface area contributed by atoms with Crippen LogP contribution >= 0.6 is 0 Å². The van der Waals surface area contributed by atoms with E-state index in [-0.39, 0.29) is 0 Å². The molecule has 1 aliphatic rings. The van der Waals surface area contributed by atoms with E-state index < -0.39 is 0 Å². The first-order valence-electron chi connectivity index (χ1n) is 10.4. The van der Waals surface area contributed by atoms with E-state index >= 15 is 0 Å². The summed E-state index contributed by atoms with van der Waals surface area (Å²) in [6, 6.07) is 19.1. The van der Waals surface area contributed by atoms with Gasteiger partial charge in [-0.15, -0.1) is 0 Å². The molecule has 0 bridgehead atoms. The topological polar surface area (TPSA) is 62.5 Å². The minimum Gasteiger partial charge on any atom is -0.469 e. The fourth-order valence-corrected chi connectivity index (χ4v) is 3.75. The van der Waals surface area contributed by atoms with Crippen molar-refractivity contribution < 1.29 is 4.42 Å². The Bertz CT molecular complexity index is 906. The van der Waals surface area contributed by atoms with E-state index in [1.54, 1.807) is 6.26 Å². The molecule has 2 heterocycles. The van der Waals surface area contributed by atoms with Gasteiger partial charge in [0.05, 0.1) is 6.26 Å². The highest BCUT2D eigenvalue weighted by atomic mass is 16.3. The summed E-state index contributed by atoms with van der Waals surface area (Å²) in [6.07, 6.45) is 8.49. The maximum absolute atomic E-state index is 5.42. The number of rotatable bonds is 7. The molecule has 0 fully saturated rings. The van der Waals surface area contributed by atoms with Gasteiger partial charge in [-0.05, 0) is 54.7 Å². The van der Waals surface area contributed by atoms with Crippen LogP contribution in [0.2, 0.25) is 0 Å². The monoisotopic (exact) mass is 388 g/mol. The second-order valence-electron chi connectivity index (χ2n) is 7.41. The van der Waals surface area contributed by atoms with Crippen molar-refractivity contribution in [1.82, 2.24) is 15.6 Å². The molecular formula is C24H28N4O. The Labute approximate surface area is 172 Å². The van der Waals surface area contributed by atoms with Crippen molar-refractivity contribution >= 4 is 5.96 Å². The smallest absolute Gasteiger partial charge is 0.191 e. The Morgan fingerprint density at radius 2 is 1.93 bits per heavy atom. The van der Waals surface area contributed by atoms with Crippen LogP contribution in [-0.2, 0) is 25.7 Å². The van der Waals surface area contributed by atoms with Crippen LogP contribution in [0.5, 0.6) is 0 Å². The second kappa shape index (κ2) is 9.92. The predicted molar refractivity (Wildman–Crippen MR) is 116 cm³/mol. The highest BCUT2D eigenvalue weighted by Gasteiger charge is 2.19. The van der Waals surface area contributed by atoms with Crippen molar-refractivity contribution in [3.63, 3.8) is 0 Å². The summed E-state index contributed by atoms with van der Waals surface area (Å²) in [5, 5.41) is 7.14. The van der Waals surface area contributed by atoms with Crippen LogP contribution in [0.1, 0.15) is 29.0 Å². The largest absolute Gasteiger partial charge is 0.469 e. The number of aryl methyl sites for hydroxylation is 1. The molecule has 150 valence electrons. The molecule has 0 amide bonds. The number of furan rings is 1. The van der Waals surface area contributed by atoms with Crippen molar-refractivity contribution in [2.75, 3.05) is 13.1 Å². The minimum atomic E-state index is 0.398. The number of nitrogens with zero attached hydrogens (tertiary/aromatic N) is 2. The summed E-state index contributed by atoms with van der Waals surface area (Å²) in [5.74, 6) is 1.84. The maximum atomic E-state index is 5.42. The lowest BCUT2D eigenvalue weighted by atomic mass is 9.88. The Hall–Kier alpha value is -3.08. The first-order valence-corrected chi connectivity index (χ1v) is 10.4. The van der Waals surface area contributed by atoms with E-state index in [0.717, 1.165) is 56.1 Å². The zero-order chi connectivity index (χ0) is 19.7. The molecule has 4 rings (SSSR count). The first kappa shape index (κ1) is 19.2. The van der Waals surface area contributed by atoms with Gasteiger partial charge in [-0.2, -0.15) is 0 Å². The normalized spacial score (nSPS) is 16.3. The Kier molecular flexibility index (Phi) is 6.58. The zero-order valence-electron chi connectivity index (χ0n) is 16.7. The van der Waals surface area contributed by atoms with Gasteiger partial charge < -0.3 is 15.1 Å². The lowest BCUT2D eigenvalue weighted by molar-refractivity contribution is 0.507. The molecule has 0 spiro atoms. The first-order chi connectivity index (χ1) is 14.4. The number of aliphatic imine (C=N–C) groups is 1. The lowest BCUT2D eigenvalue weighted by Gasteiger charge is -2.27. The van der Waals surface area contributed by atoms with Gasteiger partial charge in [0.25, 0.3) is 0 Å². The zero-order valence-corrected chi connectivity index (χ0v) is 16.7. The molecule has 5 nitrogen and oxygen atoms in total. The lowest BCUT2D eigenvalue weighted by Crippen LogP contribution is -2.46. The van der Waals surface area contributed by atoms with E-state index in [4.69, 9.17) is 9.41 Å². The summed E-state index contributed by atoms with van der Waals surface area (Å²) in [6.45, 7) is 1.49. The van der Waals surface area contributed by atoms with E-state index in [2.05, 4.69) is 45.9 Å². The molecule has 1 atom stereocenters. The Balaban J connectivity index is 1.35. The third kappa shape index (κ3) is 5.70. The van der Waals surface area contributed by atoms with Gasteiger partial charge in [-0.25, -0.2) is 0 Å². The molecule has 29 heavy (non-hydrogen) atoms. The van der Waals surface area contributed by atoms with Crippen LogP contribution in [0.4, 0.5) is 0 Å². The van der Waals surface area contributed by atoms with Gasteiger partial charge in [-0.3, -0.25) is 9.98 Å². The van der Waals surface area contributed by atoms with E-state index in [0.29, 0.717) is 12.6 Å². The van der Waals surface area contributed by atoms with E-state index in [1.165, 1.54) is 11.1 Å². The van der Waals surface area contributed by atoms with E-state index in [9.17, 15) is 0 Å². The fraction of sp³-hybridized carbons (Fsp3) is 0.333. The van der Waals surface area contributed by atoms with Crippen molar-refractivity contribution in [2.24, 2.45) is 4.99 Å². The third-order valence-electron chi connectivity index (χ3n) is 5.30. The van der Waals surface area contributed by atoms with Crippen molar-refractivity contribution in [1.29, 1.82) is 0 Å². The average molecular weight is 389 g/mol. The SMILES string of the molecule is c1ccc(CCNC(=NCCc2ccco2)NC2CCc3ccccc3C2)nc1. The molecule has 1 aliphatic carbocycles. The number of aromatic nitrogens is 1. The molecule has 1 aromatic carbocycles. The van der Waals surface area contributed by atoms with Gasteiger partial charge in [0.2, 0.25) is 0 Å². The molecule has 0 saturated heterocycles. The molecule has 1 unspecified atom stereocenters. The molecule has 5 heteroatoms. The van der Waals surface area contributed by atoms with Crippen LogP contribution in [0, 0.1) is 0 Å². The summed E-state index contributed by atoms with van der Waals surface area (Å²) in [4.78, 5) is 9.19. The number of hydrogen-bond donors (Lipinski definition) is 2. The Morgan fingerprint density at radius 3 is 2.76 bits per heavy atom. The van der Waals surface area contributed by atoms with Crippen LogP contribution in [0.3, 0.4) is 0 Å². The van der Waals surface area contributed by atoms with Crippen molar-refractivity contribution in [3.8, 4) is 0 Å². The number of benzene rings is 1. The molecule has 0 saturated carbocycles. The molecule has 2 N–H and O–H groups in total. The van der Waals surface area contributed by atoms with Gasteiger partial charge in [-0.1, -0.05) is 30.3 Å². The standard InChI is InChI=1S/C24H28N4O/c1-2-7-20-18-22(11-10-19(20)6-1)28-24(27-16-13-23-9-5-17-29-23)26-15-12-21-8-3-4-14-25-21/h1-9,14,17,22H,10-13,15-16,18H2,(H2,26,27,28).